The molecule has 0 saturated carbocycles. The average molecular weight is 436 g/mol. The second kappa shape index (κ2) is 8.09. The lowest BCUT2D eigenvalue weighted by Crippen LogP contribution is -2.41. The van der Waals surface area contributed by atoms with E-state index in [2.05, 4.69) is 10.6 Å². The third kappa shape index (κ3) is 4.96. The third-order valence-corrected chi connectivity index (χ3v) is 5.47. The van der Waals surface area contributed by atoms with Crippen LogP contribution in [0.3, 0.4) is 0 Å². The maximum absolute atomic E-state index is 12.8. The van der Waals surface area contributed by atoms with Crippen LogP contribution in [0.2, 0.25) is 0 Å². The Bertz CT molecular complexity index is 946. The van der Waals surface area contributed by atoms with Gasteiger partial charge in [-0.2, -0.15) is 13.2 Å². The van der Waals surface area contributed by atoms with E-state index in [0.717, 1.165) is 23.7 Å². The molecule has 2 aromatic rings. The minimum absolute atomic E-state index is 0.0962. The highest BCUT2D eigenvalue weighted by Gasteiger charge is 2.51. The van der Waals surface area contributed by atoms with E-state index in [4.69, 9.17) is 14.0 Å². The molecule has 0 spiro atoms. The molecule has 1 heterocycles. The summed E-state index contributed by atoms with van der Waals surface area (Å²) < 4.78 is 55.5. The summed E-state index contributed by atoms with van der Waals surface area (Å²) in [6, 6.07) is 9.14. The van der Waals surface area contributed by atoms with Crippen molar-refractivity contribution in [2.75, 3.05) is 17.7 Å². The molecule has 1 fully saturated rings. The van der Waals surface area contributed by atoms with E-state index in [0.29, 0.717) is 5.69 Å². The molecule has 0 bridgehead atoms. The molecule has 0 aliphatic carbocycles. The fourth-order valence-corrected chi connectivity index (χ4v) is 2.96. The monoisotopic (exact) mass is 436 g/mol. The van der Waals surface area contributed by atoms with Gasteiger partial charge in [0.2, 0.25) is 0 Å². The molecule has 2 aromatic carbocycles. The van der Waals surface area contributed by atoms with Crippen LogP contribution in [0.25, 0.3) is 0 Å². The molecule has 1 aliphatic rings. The van der Waals surface area contributed by atoms with Crippen molar-refractivity contribution in [3.05, 3.63) is 48.0 Å². The summed E-state index contributed by atoms with van der Waals surface area (Å²) in [7, 11) is 0.705. The number of halogens is 3. The summed E-state index contributed by atoms with van der Waals surface area (Å²) in [6.45, 7) is 7.84. The Hall–Kier alpha value is -2.72. The predicted molar refractivity (Wildman–Crippen MR) is 113 cm³/mol. The van der Waals surface area contributed by atoms with E-state index in [9.17, 15) is 18.0 Å². The fraction of sp³-hybridized carbons (Fsp3) is 0.381. The van der Waals surface area contributed by atoms with Crippen LogP contribution < -0.4 is 20.8 Å². The quantitative estimate of drug-likeness (QED) is 0.685. The molecule has 31 heavy (non-hydrogen) atoms. The first kappa shape index (κ1) is 23.0. The lowest BCUT2D eigenvalue weighted by molar-refractivity contribution is -0.137. The summed E-state index contributed by atoms with van der Waals surface area (Å²) in [5, 5.41) is 5.12. The number of amides is 2. The van der Waals surface area contributed by atoms with E-state index >= 15 is 0 Å². The smallest absolute Gasteiger partial charge is 0.494 e. The number of carbonyl (C=O) groups is 1. The van der Waals surface area contributed by atoms with Crippen LogP contribution in [0.5, 0.6) is 5.75 Å². The van der Waals surface area contributed by atoms with Gasteiger partial charge >= 0.3 is 19.3 Å². The van der Waals surface area contributed by atoms with Crippen LogP contribution in [-0.4, -0.2) is 31.5 Å². The maximum atomic E-state index is 12.8. The Morgan fingerprint density at radius 1 is 0.968 bits per heavy atom. The first-order valence-corrected chi connectivity index (χ1v) is 9.61. The van der Waals surface area contributed by atoms with E-state index in [-0.39, 0.29) is 11.4 Å². The van der Waals surface area contributed by atoms with Crippen molar-refractivity contribution in [2.45, 2.75) is 45.1 Å². The minimum atomic E-state index is -4.51. The summed E-state index contributed by atoms with van der Waals surface area (Å²) in [6.07, 6.45) is -4.51. The lowest BCUT2D eigenvalue weighted by atomic mass is 9.79. The van der Waals surface area contributed by atoms with Crippen molar-refractivity contribution in [3.8, 4) is 5.75 Å². The molecule has 0 radical (unpaired) electrons. The topological polar surface area (TPSA) is 68.8 Å². The van der Waals surface area contributed by atoms with E-state index in [1.54, 1.807) is 24.3 Å². The third-order valence-electron chi connectivity index (χ3n) is 5.47. The van der Waals surface area contributed by atoms with Gasteiger partial charge in [-0.3, -0.25) is 0 Å². The summed E-state index contributed by atoms with van der Waals surface area (Å²) >= 11 is 0. The SMILES string of the molecule is COc1cc(C(F)(F)F)ccc1NC(=O)Nc1ccc(B2OC(C)(C)C(C)(C)O2)cc1. The molecule has 0 aromatic heterocycles. The highest BCUT2D eigenvalue weighted by molar-refractivity contribution is 6.62. The molecule has 6 nitrogen and oxygen atoms in total. The van der Waals surface area contributed by atoms with Crippen LogP contribution >= 0.6 is 0 Å². The zero-order chi connectivity index (χ0) is 23.0. The van der Waals surface area contributed by atoms with Crippen molar-refractivity contribution in [1.29, 1.82) is 0 Å². The second-order valence-electron chi connectivity index (χ2n) is 8.20. The van der Waals surface area contributed by atoms with Crippen LogP contribution in [0.1, 0.15) is 33.3 Å². The number of hydrogen-bond acceptors (Lipinski definition) is 4. The van der Waals surface area contributed by atoms with Crippen molar-refractivity contribution >= 4 is 30.0 Å². The Balaban J connectivity index is 1.66. The van der Waals surface area contributed by atoms with Crippen LogP contribution in [0.15, 0.2) is 42.5 Å². The van der Waals surface area contributed by atoms with Gasteiger partial charge in [0.25, 0.3) is 0 Å². The Labute approximate surface area is 179 Å². The number of methoxy groups -OCH3 is 1. The van der Waals surface area contributed by atoms with Crippen LogP contribution in [0.4, 0.5) is 29.3 Å². The Kier molecular flexibility index (Phi) is 5.99. The van der Waals surface area contributed by atoms with Gasteiger partial charge in [-0.05, 0) is 63.5 Å². The van der Waals surface area contributed by atoms with Gasteiger partial charge in [0.05, 0.1) is 29.6 Å². The van der Waals surface area contributed by atoms with Gasteiger partial charge in [0, 0.05) is 5.69 Å². The second-order valence-corrected chi connectivity index (χ2v) is 8.20. The van der Waals surface area contributed by atoms with Gasteiger partial charge < -0.3 is 24.7 Å². The van der Waals surface area contributed by atoms with Crippen LogP contribution in [-0.2, 0) is 15.5 Å². The molecule has 0 atom stereocenters. The largest absolute Gasteiger partial charge is 0.495 e. The lowest BCUT2D eigenvalue weighted by Gasteiger charge is -2.32. The number of ether oxygens (including phenoxy) is 1. The van der Waals surface area contributed by atoms with Crippen molar-refractivity contribution in [2.24, 2.45) is 0 Å². The molecular weight excluding hydrogens is 412 g/mol. The highest BCUT2D eigenvalue weighted by atomic mass is 19.4. The maximum Gasteiger partial charge on any atom is 0.494 e. The number of carbonyl (C=O) groups excluding carboxylic acids is 1. The van der Waals surface area contributed by atoms with Crippen molar-refractivity contribution < 1.29 is 32.0 Å². The molecule has 1 aliphatic heterocycles. The highest BCUT2D eigenvalue weighted by Crippen LogP contribution is 2.37. The van der Waals surface area contributed by atoms with Gasteiger partial charge in [-0.15, -0.1) is 0 Å². The number of nitrogens with one attached hydrogen (secondary N) is 2. The van der Waals surface area contributed by atoms with Crippen molar-refractivity contribution in [1.82, 2.24) is 0 Å². The van der Waals surface area contributed by atoms with Gasteiger partial charge in [-0.25, -0.2) is 4.79 Å². The molecule has 1 saturated heterocycles. The zero-order valence-electron chi connectivity index (χ0n) is 17.9. The summed E-state index contributed by atoms with van der Waals surface area (Å²) in [4.78, 5) is 12.3. The normalized spacial score (nSPS) is 17.4. The van der Waals surface area contributed by atoms with Crippen molar-refractivity contribution in [3.63, 3.8) is 0 Å². The first-order valence-electron chi connectivity index (χ1n) is 9.61. The summed E-state index contributed by atoms with van der Waals surface area (Å²) in [5.74, 6) is -0.0962. The molecule has 2 amide bonds. The van der Waals surface area contributed by atoms with E-state index < -0.39 is 36.1 Å². The van der Waals surface area contributed by atoms with Gasteiger partial charge in [-0.1, -0.05) is 12.1 Å². The molecular formula is C21H24BF3N2O4. The number of hydrogen-bond donors (Lipinski definition) is 2. The van der Waals surface area contributed by atoms with E-state index in [1.807, 2.05) is 27.7 Å². The minimum Gasteiger partial charge on any atom is -0.495 e. The fourth-order valence-electron chi connectivity index (χ4n) is 2.96. The number of benzene rings is 2. The summed E-state index contributed by atoms with van der Waals surface area (Å²) in [5.41, 5.74) is -0.391. The zero-order valence-corrected chi connectivity index (χ0v) is 17.9. The average Bonchev–Trinajstić information content (AvgIpc) is 2.89. The Morgan fingerprint density at radius 2 is 1.55 bits per heavy atom. The predicted octanol–water partition coefficient (Wildman–Crippen LogP) is 4.66. The molecule has 2 N–H and O–H groups in total. The first-order chi connectivity index (χ1) is 14.3. The standard InChI is InChI=1S/C21H24BF3N2O4/c1-19(2)20(3,4)31-22(30-19)14-7-9-15(10-8-14)26-18(28)27-16-11-6-13(21(23,24)25)12-17(16)29-5/h6-12H,1-5H3,(H2,26,27,28). The number of alkyl halides is 3. The molecule has 10 heteroatoms. The van der Waals surface area contributed by atoms with Gasteiger partial charge in [0.1, 0.15) is 5.75 Å². The Morgan fingerprint density at radius 3 is 2.06 bits per heavy atom. The number of rotatable bonds is 4. The van der Waals surface area contributed by atoms with Gasteiger partial charge in [0.15, 0.2) is 0 Å². The number of urea groups is 1. The molecule has 3 rings (SSSR count). The van der Waals surface area contributed by atoms with Crippen LogP contribution in [0, 0.1) is 0 Å². The molecule has 166 valence electrons. The molecule has 0 unspecified atom stereocenters. The number of anilines is 2. The van der Waals surface area contributed by atoms with E-state index in [1.165, 1.54) is 7.11 Å².